The molecule has 0 saturated heterocycles. The van der Waals surface area contributed by atoms with E-state index in [4.69, 9.17) is 5.11 Å². The number of carbonyl (C=O) groups is 1. The van der Waals surface area contributed by atoms with Crippen LogP contribution in [0.5, 0.6) is 5.75 Å². The lowest BCUT2D eigenvalue weighted by molar-refractivity contribution is -0.275. The number of ether oxygens (including phenoxy) is 1. The molecule has 0 radical (unpaired) electrons. The molecule has 0 aliphatic rings. The van der Waals surface area contributed by atoms with Gasteiger partial charge in [0.2, 0.25) is 0 Å². The topological polar surface area (TPSA) is 59.4 Å². The molecule has 0 spiro atoms. The number of carboxylic acid groups (broad SMARTS) is 1. The molecule has 0 aliphatic heterocycles. The first-order valence-electron chi connectivity index (χ1n) is 5.07. The smallest absolute Gasteiger partial charge is 0.481 e. The van der Waals surface area contributed by atoms with Crippen LogP contribution >= 0.6 is 15.9 Å². The van der Waals surface area contributed by atoms with E-state index >= 15 is 0 Å². The highest BCUT2D eigenvalue weighted by Crippen LogP contribution is 2.37. The minimum absolute atomic E-state index is 0.0926. The van der Waals surface area contributed by atoms with E-state index in [1.54, 1.807) is 0 Å². The Morgan fingerprint density at radius 3 is 2.19 bits per heavy atom. The number of alkyl halides is 7. The minimum Gasteiger partial charge on any atom is -0.481 e. The summed E-state index contributed by atoms with van der Waals surface area (Å²) in [7, 11) is 0. The van der Waals surface area contributed by atoms with Crippen molar-refractivity contribution in [1.82, 2.24) is 4.98 Å². The molecule has 0 saturated carbocycles. The van der Waals surface area contributed by atoms with Crippen LogP contribution in [0.25, 0.3) is 0 Å². The van der Waals surface area contributed by atoms with Crippen molar-refractivity contribution < 1.29 is 41.0 Å². The van der Waals surface area contributed by atoms with Gasteiger partial charge in [-0.25, -0.2) is 0 Å². The van der Waals surface area contributed by atoms with Gasteiger partial charge in [-0.2, -0.15) is 13.2 Å². The normalized spacial score (nSPS) is 12.3. The van der Waals surface area contributed by atoms with Crippen LogP contribution in [0, 0.1) is 0 Å². The second-order valence-electron chi connectivity index (χ2n) is 3.68. The van der Waals surface area contributed by atoms with E-state index in [1.165, 1.54) is 0 Å². The maximum atomic E-state index is 12.8. The van der Waals surface area contributed by atoms with Gasteiger partial charge in [-0.1, -0.05) is 15.9 Å². The van der Waals surface area contributed by atoms with E-state index in [0.717, 1.165) is 0 Å². The van der Waals surface area contributed by atoms with Crippen molar-refractivity contribution in [2.24, 2.45) is 0 Å². The summed E-state index contributed by atoms with van der Waals surface area (Å²) in [5.74, 6) is -2.74. The maximum Gasteiger partial charge on any atom is 0.573 e. The first kappa shape index (κ1) is 17.5. The molecule has 0 atom stereocenters. The number of hydrogen-bond acceptors (Lipinski definition) is 3. The molecule has 0 aliphatic carbocycles. The average molecular weight is 382 g/mol. The van der Waals surface area contributed by atoms with E-state index in [9.17, 15) is 31.1 Å². The predicted molar refractivity (Wildman–Crippen MR) is 59.9 cm³/mol. The van der Waals surface area contributed by atoms with Gasteiger partial charge in [0.25, 0.3) is 0 Å². The number of aliphatic carboxylic acids is 1. The summed E-state index contributed by atoms with van der Waals surface area (Å²) >= 11 is 2.75. The highest BCUT2D eigenvalue weighted by Gasteiger charge is 2.38. The first-order chi connectivity index (χ1) is 9.44. The van der Waals surface area contributed by atoms with Gasteiger partial charge in [0.05, 0.1) is 23.4 Å². The molecule has 118 valence electrons. The molecule has 1 heterocycles. The van der Waals surface area contributed by atoms with Crippen LogP contribution in [0.3, 0.4) is 0 Å². The van der Waals surface area contributed by atoms with Crippen molar-refractivity contribution in [2.75, 3.05) is 0 Å². The molecule has 0 aromatic carbocycles. The minimum atomic E-state index is -5.20. The summed E-state index contributed by atoms with van der Waals surface area (Å²) in [6.45, 7) is 0. The van der Waals surface area contributed by atoms with Gasteiger partial charge < -0.3 is 9.84 Å². The second kappa shape index (κ2) is 6.08. The summed E-state index contributed by atoms with van der Waals surface area (Å²) in [4.78, 5) is 13.8. The van der Waals surface area contributed by atoms with Gasteiger partial charge in [0, 0.05) is 5.33 Å². The van der Waals surface area contributed by atoms with E-state index < -0.39 is 47.6 Å². The van der Waals surface area contributed by atoms with E-state index in [-0.39, 0.29) is 11.4 Å². The van der Waals surface area contributed by atoms with Crippen molar-refractivity contribution in [1.29, 1.82) is 0 Å². The summed E-state index contributed by atoms with van der Waals surface area (Å²) < 4.78 is 78.2. The summed E-state index contributed by atoms with van der Waals surface area (Å²) in [6, 6.07) is 0.0926. The number of halogens is 7. The SMILES string of the molecule is O=C(O)Cc1nc(CBr)c(OC(F)(F)F)cc1C(F)(F)F. The largest absolute Gasteiger partial charge is 0.573 e. The van der Waals surface area contributed by atoms with Gasteiger partial charge in [-0.05, 0) is 6.07 Å². The fourth-order valence-corrected chi connectivity index (χ4v) is 1.81. The highest BCUT2D eigenvalue weighted by molar-refractivity contribution is 9.08. The molecule has 1 aromatic rings. The van der Waals surface area contributed by atoms with Crippen molar-refractivity contribution in [3.8, 4) is 5.75 Å². The Balaban J connectivity index is 3.44. The van der Waals surface area contributed by atoms with Crippen molar-refractivity contribution in [3.63, 3.8) is 0 Å². The maximum absolute atomic E-state index is 12.8. The third-order valence-electron chi connectivity index (χ3n) is 2.12. The zero-order valence-electron chi connectivity index (χ0n) is 9.85. The summed E-state index contributed by atoms with van der Waals surface area (Å²) in [5.41, 5.74) is -2.97. The molecule has 0 fully saturated rings. The summed E-state index contributed by atoms with van der Waals surface area (Å²) in [6.07, 6.45) is -11.3. The summed E-state index contributed by atoms with van der Waals surface area (Å²) in [5, 5.41) is 8.20. The third kappa shape index (κ3) is 5.06. The fourth-order valence-electron chi connectivity index (χ4n) is 1.41. The quantitative estimate of drug-likeness (QED) is 0.640. The van der Waals surface area contributed by atoms with Crippen molar-refractivity contribution >= 4 is 21.9 Å². The number of rotatable bonds is 4. The van der Waals surface area contributed by atoms with Gasteiger partial charge in [-0.15, -0.1) is 13.2 Å². The number of aromatic nitrogens is 1. The molecular formula is C10H6BrF6NO3. The van der Waals surface area contributed by atoms with E-state index in [0.29, 0.717) is 0 Å². The Hall–Kier alpha value is -1.52. The molecule has 0 bridgehead atoms. The first-order valence-corrected chi connectivity index (χ1v) is 6.19. The standard InChI is InChI=1S/C10H6BrF6NO3/c11-3-6-7(21-10(15,16)17)1-4(9(12,13)14)5(18-6)2-8(19)20/h1H,2-3H2,(H,19,20). The van der Waals surface area contributed by atoms with E-state index in [1.807, 2.05) is 0 Å². The molecule has 1 N–H and O–H groups in total. The Morgan fingerprint density at radius 2 is 1.81 bits per heavy atom. The fraction of sp³-hybridized carbons (Fsp3) is 0.400. The van der Waals surface area contributed by atoms with Crippen molar-refractivity contribution in [2.45, 2.75) is 24.3 Å². The van der Waals surface area contributed by atoms with Crippen LogP contribution in [0.1, 0.15) is 17.0 Å². The van der Waals surface area contributed by atoms with Crippen LogP contribution < -0.4 is 4.74 Å². The molecule has 1 rings (SSSR count). The number of hydrogen-bond donors (Lipinski definition) is 1. The zero-order chi connectivity index (χ0) is 16.4. The monoisotopic (exact) mass is 381 g/mol. The molecular weight excluding hydrogens is 376 g/mol. The lowest BCUT2D eigenvalue weighted by Crippen LogP contribution is -2.21. The number of nitrogens with zero attached hydrogens (tertiary/aromatic N) is 1. The van der Waals surface area contributed by atoms with Crippen molar-refractivity contribution in [3.05, 3.63) is 23.0 Å². The zero-order valence-corrected chi connectivity index (χ0v) is 11.4. The lowest BCUT2D eigenvalue weighted by atomic mass is 10.1. The van der Waals surface area contributed by atoms with Crippen LogP contribution in [-0.4, -0.2) is 22.4 Å². The van der Waals surface area contributed by atoms with Gasteiger partial charge in [0.1, 0.15) is 0 Å². The van der Waals surface area contributed by atoms with Gasteiger partial charge in [-0.3, -0.25) is 9.78 Å². The van der Waals surface area contributed by atoms with Crippen LogP contribution in [0.2, 0.25) is 0 Å². The molecule has 0 unspecified atom stereocenters. The Bertz CT molecular complexity index is 543. The number of pyridine rings is 1. The molecule has 21 heavy (non-hydrogen) atoms. The second-order valence-corrected chi connectivity index (χ2v) is 4.24. The van der Waals surface area contributed by atoms with E-state index in [2.05, 4.69) is 25.7 Å². The lowest BCUT2D eigenvalue weighted by Gasteiger charge is -2.17. The van der Waals surface area contributed by atoms with Gasteiger partial charge in [0.15, 0.2) is 5.75 Å². The van der Waals surface area contributed by atoms with Crippen LogP contribution in [-0.2, 0) is 22.7 Å². The highest BCUT2D eigenvalue weighted by atomic mass is 79.9. The molecule has 4 nitrogen and oxygen atoms in total. The number of carboxylic acids is 1. The van der Waals surface area contributed by atoms with Crippen LogP contribution in [0.15, 0.2) is 6.07 Å². The van der Waals surface area contributed by atoms with Gasteiger partial charge >= 0.3 is 18.5 Å². The molecule has 11 heteroatoms. The Morgan fingerprint density at radius 1 is 1.24 bits per heavy atom. The Kier molecular flexibility index (Phi) is 5.07. The Labute approximate surface area is 121 Å². The molecule has 1 aromatic heterocycles. The molecule has 0 amide bonds. The van der Waals surface area contributed by atoms with Crippen LogP contribution in [0.4, 0.5) is 26.3 Å². The predicted octanol–water partition coefficient (Wildman–Crippen LogP) is 3.52. The average Bonchev–Trinajstić information content (AvgIpc) is 2.26. The third-order valence-corrected chi connectivity index (χ3v) is 2.65.